The van der Waals surface area contributed by atoms with E-state index in [4.69, 9.17) is 4.74 Å². The van der Waals surface area contributed by atoms with Crippen molar-refractivity contribution in [3.63, 3.8) is 0 Å². The lowest BCUT2D eigenvalue weighted by Crippen LogP contribution is -2.31. The molecule has 4 heteroatoms. The smallest absolute Gasteiger partial charge is 0.143 e. The van der Waals surface area contributed by atoms with E-state index in [9.17, 15) is 0 Å². The fourth-order valence-electron chi connectivity index (χ4n) is 1.90. The maximum atomic E-state index is 5.38. The molecule has 0 aliphatic heterocycles. The van der Waals surface area contributed by atoms with Gasteiger partial charge < -0.3 is 13.9 Å². The lowest BCUT2D eigenvalue weighted by atomic mass is 10.2. The van der Waals surface area contributed by atoms with Gasteiger partial charge in [0, 0.05) is 13.1 Å². The van der Waals surface area contributed by atoms with Crippen molar-refractivity contribution in [1.29, 1.82) is 0 Å². The monoisotopic (exact) mass is 268 g/mol. The summed E-state index contributed by atoms with van der Waals surface area (Å²) >= 11 is 4.57. The van der Waals surface area contributed by atoms with E-state index >= 15 is 0 Å². The van der Waals surface area contributed by atoms with Crippen LogP contribution in [0.4, 0.5) is 5.69 Å². The number of hydrogen-bond acceptors (Lipinski definition) is 4. The van der Waals surface area contributed by atoms with Crippen LogP contribution < -0.4 is 9.04 Å². The van der Waals surface area contributed by atoms with Crippen LogP contribution in [0.1, 0.15) is 19.4 Å². The van der Waals surface area contributed by atoms with Crippen LogP contribution in [-0.4, -0.2) is 38.2 Å². The van der Waals surface area contributed by atoms with E-state index < -0.39 is 0 Å². The van der Waals surface area contributed by atoms with Gasteiger partial charge >= 0.3 is 0 Å². The second kappa shape index (κ2) is 7.54. The number of aryl methyl sites for hydroxylation is 1. The number of nitrogens with zero attached hydrogens (tertiary/aromatic N) is 2. The first-order valence-electron chi connectivity index (χ1n) is 6.45. The molecule has 0 N–H and O–H groups in total. The number of hydrogen-bond donors (Lipinski definition) is 1. The van der Waals surface area contributed by atoms with E-state index in [-0.39, 0.29) is 0 Å². The molecule has 0 aliphatic rings. The largest absolute Gasteiger partial charge is 0.495 e. The van der Waals surface area contributed by atoms with Crippen LogP contribution in [0.25, 0.3) is 0 Å². The Kier molecular flexibility index (Phi) is 6.36. The second-order valence-electron chi connectivity index (χ2n) is 4.33. The summed E-state index contributed by atoms with van der Waals surface area (Å²) < 4.78 is 7.34. The van der Waals surface area contributed by atoms with E-state index in [1.54, 1.807) is 7.11 Å². The lowest BCUT2D eigenvalue weighted by Gasteiger charge is -2.25. The van der Waals surface area contributed by atoms with Gasteiger partial charge in [-0.3, -0.25) is 0 Å². The fraction of sp³-hybridized carbons (Fsp3) is 0.571. The molecule has 0 aromatic heterocycles. The van der Waals surface area contributed by atoms with E-state index in [0.717, 1.165) is 37.6 Å². The second-order valence-corrected chi connectivity index (χ2v) is 4.81. The minimum atomic E-state index is 0.871. The number of likely N-dealkylation sites (N-methyl/N-ethyl adjacent to an activating group) is 1. The fourth-order valence-corrected chi connectivity index (χ4v) is 2.14. The van der Waals surface area contributed by atoms with Crippen LogP contribution in [0.5, 0.6) is 5.75 Å². The van der Waals surface area contributed by atoms with Crippen LogP contribution in [0.15, 0.2) is 18.2 Å². The molecule has 0 aliphatic carbocycles. The van der Waals surface area contributed by atoms with Gasteiger partial charge in [0.1, 0.15) is 5.75 Å². The summed E-state index contributed by atoms with van der Waals surface area (Å²) in [5, 5.41) is 0. The Labute approximate surface area is 116 Å². The summed E-state index contributed by atoms with van der Waals surface area (Å²) in [6.45, 7) is 10.5. The van der Waals surface area contributed by atoms with Crippen molar-refractivity contribution < 1.29 is 4.74 Å². The van der Waals surface area contributed by atoms with Crippen molar-refractivity contribution in [2.24, 2.45) is 0 Å². The number of anilines is 1. The lowest BCUT2D eigenvalue weighted by molar-refractivity contribution is 0.313. The molecular formula is C14H24N2OS. The third-order valence-electron chi connectivity index (χ3n) is 3.13. The minimum Gasteiger partial charge on any atom is -0.495 e. The van der Waals surface area contributed by atoms with Crippen molar-refractivity contribution >= 4 is 18.5 Å². The molecule has 1 aromatic rings. The maximum Gasteiger partial charge on any atom is 0.143 e. The molecule has 0 atom stereocenters. The van der Waals surface area contributed by atoms with Crippen LogP contribution in [0, 0.1) is 6.92 Å². The van der Waals surface area contributed by atoms with Gasteiger partial charge in [-0.1, -0.05) is 32.7 Å². The molecule has 0 bridgehead atoms. The predicted molar refractivity (Wildman–Crippen MR) is 81.9 cm³/mol. The Morgan fingerprint density at radius 3 is 2.39 bits per heavy atom. The standard InChI is InChI=1S/C14H24N2OS/c1-5-15(6-2)9-10-16(18)13-11-12(3)7-8-14(13)17-4/h7-8,11,18H,5-6,9-10H2,1-4H3. The zero-order valence-corrected chi connectivity index (χ0v) is 12.7. The van der Waals surface area contributed by atoms with Crippen molar-refractivity contribution in [1.82, 2.24) is 4.90 Å². The highest BCUT2D eigenvalue weighted by Gasteiger charge is 2.10. The summed E-state index contributed by atoms with van der Waals surface area (Å²) in [5.41, 5.74) is 2.25. The summed E-state index contributed by atoms with van der Waals surface area (Å²) in [5.74, 6) is 0.871. The Balaban J connectivity index is 2.71. The zero-order chi connectivity index (χ0) is 13.5. The number of ether oxygens (including phenoxy) is 1. The van der Waals surface area contributed by atoms with Crippen molar-refractivity contribution in [2.45, 2.75) is 20.8 Å². The first kappa shape index (κ1) is 15.2. The molecule has 0 spiro atoms. The number of methoxy groups -OCH3 is 1. The summed E-state index contributed by atoms with van der Waals surface area (Å²) in [6.07, 6.45) is 0. The Hall–Kier alpha value is -0.870. The van der Waals surface area contributed by atoms with Crippen LogP contribution in [0.2, 0.25) is 0 Å². The Bertz CT molecular complexity index is 367. The van der Waals surface area contributed by atoms with Gasteiger partial charge in [-0.05, 0) is 37.7 Å². The van der Waals surface area contributed by atoms with Crippen LogP contribution >= 0.6 is 12.8 Å². The SMILES string of the molecule is CCN(CC)CCN(S)c1cc(C)ccc1OC. The van der Waals surface area contributed by atoms with Gasteiger partial charge in [0.05, 0.1) is 12.8 Å². The molecule has 3 nitrogen and oxygen atoms in total. The molecule has 0 heterocycles. The molecule has 0 amide bonds. The quantitative estimate of drug-likeness (QED) is 0.766. The van der Waals surface area contributed by atoms with E-state index in [1.807, 2.05) is 16.4 Å². The van der Waals surface area contributed by atoms with Crippen molar-refractivity contribution in [2.75, 3.05) is 37.6 Å². The summed E-state index contributed by atoms with van der Waals surface area (Å²) in [4.78, 5) is 2.38. The minimum absolute atomic E-state index is 0.871. The molecule has 18 heavy (non-hydrogen) atoms. The first-order chi connectivity index (χ1) is 8.62. The molecular weight excluding hydrogens is 244 g/mol. The highest BCUT2D eigenvalue weighted by atomic mass is 32.1. The van der Waals surface area contributed by atoms with Gasteiger partial charge in [0.15, 0.2) is 0 Å². The normalized spacial score (nSPS) is 10.8. The highest BCUT2D eigenvalue weighted by Crippen LogP contribution is 2.30. The highest BCUT2D eigenvalue weighted by molar-refractivity contribution is 7.81. The third-order valence-corrected chi connectivity index (χ3v) is 3.55. The maximum absolute atomic E-state index is 5.38. The zero-order valence-electron chi connectivity index (χ0n) is 11.8. The van der Waals surface area contributed by atoms with Gasteiger partial charge in [0.25, 0.3) is 0 Å². The summed E-state index contributed by atoms with van der Waals surface area (Å²) in [7, 11) is 1.69. The van der Waals surface area contributed by atoms with Gasteiger partial charge in [0.2, 0.25) is 0 Å². The number of rotatable bonds is 7. The van der Waals surface area contributed by atoms with Crippen LogP contribution in [-0.2, 0) is 0 Å². The van der Waals surface area contributed by atoms with E-state index in [0.29, 0.717) is 0 Å². The van der Waals surface area contributed by atoms with E-state index in [1.165, 1.54) is 5.56 Å². The Morgan fingerprint density at radius 2 is 1.83 bits per heavy atom. The average molecular weight is 268 g/mol. The third kappa shape index (κ3) is 4.10. The van der Waals surface area contributed by atoms with Crippen LogP contribution in [0.3, 0.4) is 0 Å². The van der Waals surface area contributed by atoms with E-state index in [2.05, 4.69) is 44.6 Å². The molecule has 102 valence electrons. The van der Waals surface area contributed by atoms with Gasteiger partial charge in [-0.25, -0.2) is 0 Å². The first-order valence-corrected chi connectivity index (χ1v) is 6.85. The Morgan fingerprint density at radius 1 is 1.17 bits per heavy atom. The molecule has 0 radical (unpaired) electrons. The number of benzene rings is 1. The van der Waals surface area contributed by atoms with Gasteiger partial charge in [-0.2, -0.15) is 0 Å². The van der Waals surface area contributed by atoms with Crippen molar-refractivity contribution in [3.8, 4) is 5.75 Å². The molecule has 0 saturated carbocycles. The summed E-state index contributed by atoms with van der Waals surface area (Å²) in [6, 6.07) is 6.15. The number of thiol groups is 1. The predicted octanol–water partition coefficient (Wildman–Crippen LogP) is 3.00. The molecule has 0 fully saturated rings. The molecule has 0 unspecified atom stereocenters. The van der Waals surface area contributed by atoms with Crippen molar-refractivity contribution in [3.05, 3.63) is 23.8 Å². The molecule has 0 saturated heterocycles. The molecule has 1 aromatic carbocycles. The average Bonchev–Trinajstić information content (AvgIpc) is 2.39. The van der Waals surface area contributed by atoms with Gasteiger partial charge in [-0.15, -0.1) is 0 Å². The topological polar surface area (TPSA) is 15.7 Å². The molecule has 1 rings (SSSR count).